The highest BCUT2D eigenvalue weighted by molar-refractivity contribution is 5.91. The van der Waals surface area contributed by atoms with Gasteiger partial charge in [-0.3, -0.25) is 0 Å². The molecular formula is C12H16N4O2. The van der Waals surface area contributed by atoms with Gasteiger partial charge < -0.3 is 16.0 Å². The highest BCUT2D eigenvalue weighted by Gasteiger charge is 2.14. The van der Waals surface area contributed by atoms with Gasteiger partial charge >= 0.3 is 11.7 Å². The molecule has 96 valence electrons. The average molecular weight is 248 g/mol. The third kappa shape index (κ3) is 1.97. The minimum Gasteiger partial charge on any atom is -0.398 e. The van der Waals surface area contributed by atoms with Crippen LogP contribution in [0.15, 0.2) is 16.9 Å². The number of carbonyl (C=O) groups is 1. The standard InChI is InChI=1S/C12H16N4O2/c1-3-4-14-11(17)16-10-6-8(13)7(2)5-9(10)15-12(16)18/h5-6H,3-4,13H2,1-2H3,(H,14,17)(H,15,18). The molecule has 0 aliphatic carbocycles. The first-order chi connectivity index (χ1) is 8.54. The molecule has 6 nitrogen and oxygen atoms in total. The van der Waals surface area contributed by atoms with E-state index in [1.54, 1.807) is 12.1 Å². The number of benzene rings is 1. The van der Waals surface area contributed by atoms with Crippen LogP contribution in [0.1, 0.15) is 18.9 Å². The highest BCUT2D eigenvalue weighted by atomic mass is 16.2. The summed E-state index contributed by atoms with van der Waals surface area (Å²) in [7, 11) is 0. The first kappa shape index (κ1) is 12.2. The third-order valence-corrected chi connectivity index (χ3v) is 2.80. The van der Waals surface area contributed by atoms with E-state index >= 15 is 0 Å². The minimum atomic E-state index is -0.455. The topological polar surface area (TPSA) is 92.9 Å². The number of rotatable bonds is 2. The van der Waals surface area contributed by atoms with Crippen molar-refractivity contribution >= 4 is 22.8 Å². The Hall–Kier alpha value is -2.24. The van der Waals surface area contributed by atoms with Crippen LogP contribution in [-0.2, 0) is 0 Å². The average Bonchev–Trinajstić information content (AvgIpc) is 2.62. The maximum absolute atomic E-state index is 11.9. The van der Waals surface area contributed by atoms with Gasteiger partial charge in [-0.1, -0.05) is 6.92 Å². The molecule has 1 amide bonds. The number of anilines is 1. The quantitative estimate of drug-likeness (QED) is 0.697. The normalized spacial score (nSPS) is 10.8. The SMILES string of the molecule is CCCNC(=O)n1c(=O)[nH]c2cc(C)c(N)cc21. The van der Waals surface area contributed by atoms with E-state index in [1.165, 1.54) is 0 Å². The summed E-state index contributed by atoms with van der Waals surface area (Å²) in [5.74, 6) is 0. The van der Waals surface area contributed by atoms with E-state index in [1.807, 2.05) is 13.8 Å². The number of carbonyl (C=O) groups excluding carboxylic acids is 1. The summed E-state index contributed by atoms with van der Waals surface area (Å²) in [6.45, 7) is 4.32. The number of aryl methyl sites for hydroxylation is 1. The Morgan fingerprint density at radius 3 is 2.89 bits per heavy atom. The fourth-order valence-corrected chi connectivity index (χ4v) is 1.79. The Balaban J connectivity index is 2.56. The Kier molecular flexibility index (Phi) is 3.10. The summed E-state index contributed by atoms with van der Waals surface area (Å²) in [5.41, 5.74) is 7.87. The van der Waals surface area contributed by atoms with Gasteiger partial charge in [0.05, 0.1) is 11.0 Å². The zero-order chi connectivity index (χ0) is 13.3. The molecule has 0 aliphatic heterocycles. The maximum Gasteiger partial charge on any atom is 0.334 e. The van der Waals surface area contributed by atoms with Crippen molar-refractivity contribution in [1.29, 1.82) is 0 Å². The molecule has 0 aliphatic rings. The summed E-state index contributed by atoms with van der Waals surface area (Å²) < 4.78 is 1.07. The number of fused-ring (bicyclic) bond motifs is 1. The number of imidazole rings is 1. The monoisotopic (exact) mass is 248 g/mol. The van der Waals surface area contributed by atoms with Gasteiger partial charge in [-0.25, -0.2) is 14.2 Å². The van der Waals surface area contributed by atoms with Crippen LogP contribution in [0.3, 0.4) is 0 Å². The molecule has 6 heteroatoms. The van der Waals surface area contributed by atoms with Gasteiger partial charge in [0.15, 0.2) is 0 Å². The molecule has 0 bridgehead atoms. The number of hydrogen-bond acceptors (Lipinski definition) is 3. The Morgan fingerprint density at radius 1 is 1.50 bits per heavy atom. The highest BCUT2D eigenvalue weighted by Crippen LogP contribution is 2.18. The van der Waals surface area contributed by atoms with Gasteiger partial charge in [-0.05, 0) is 31.0 Å². The van der Waals surface area contributed by atoms with Gasteiger partial charge in [0, 0.05) is 12.2 Å². The van der Waals surface area contributed by atoms with Crippen molar-refractivity contribution in [2.75, 3.05) is 12.3 Å². The molecule has 1 heterocycles. The van der Waals surface area contributed by atoms with Crippen molar-refractivity contribution in [3.05, 3.63) is 28.2 Å². The second-order valence-electron chi connectivity index (χ2n) is 4.22. The smallest absolute Gasteiger partial charge is 0.334 e. The van der Waals surface area contributed by atoms with Crippen molar-refractivity contribution in [1.82, 2.24) is 14.9 Å². The molecule has 0 unspecified atom stereocenters. The molecule has 0 fully saturated rings. The molecule has 2 aromatic rings. The second-order valence-corrected chi connectivity index (χ2v) is 4.22. The molecular weight excluding hydrogens is 232 g/mol. The summed E-state index contributed by atoms with van der Waals surface area (Å²) in [6.07, 6.45) is 0.810. The van der Waals surface area contributed by atoms with Crippen LogP contribution in [0, 0.1) is 6.92 Å². The molecule has 1 aromatic heterocycles. The molecule has 0 spiro atoms. The van der Waals surface area contributed by atoms with Crippen molar-refractivity contribution in [2.24, 2.45) is 0 Å². The molecule has 0 saturated carbocycles. The van der Waals surface area contributed by atoms with Crippen molar-refractivity contribution < 1.29 is 4.79 Å². The van der Waals surface area contributed by atoms with Crippen LogP contribution in [-0.4, -0.2) is 22.1 Å². The lowest BCUT2D eigenvalue weighted by atomic mass is 10.2. The molecule has 4 N–H and O–H groups in total. The van der Waals surface area contributed by atoms with Crippen LogP contribution in [0.4, 0.5) is 10.5 Å². The first-order valence-corrected chi connectivity index (χ1v) is 5.83. The molecule has 0 saturated heterocycles. The van der Waals surface area contributed by atoms with E-state index in [0.29, 0.717) is 23.3 Å². The number of nitrogens with one attached hydrogen (secondary N) is 2. The number of aromatic amines is 1. The lowest BCUT2D eigenvalue weighted by Crippen LogP contribution is -2.35. The van der Waals surface area contributed by atoms with Crippen LogP contribution in [0.5, 0.6) is 0 Å². The molecule has 0 atom stereocenters. The van der Waals surface area contributed by atoms with Crippen LogP contribution in [0.2, 0.25) is 0 Å². The number of nitrogens with zero attached hydrogens (tertiary/aromatic N) is 1. The zero-order valence-electron chi connectivity index (χ0n) is 10.4. The number of aromatic nitrogens is 2. The number of H-pyrrole nitrogens is 1. The van der Waals surface area contributed by atoms with Gasteiger partial charge in [-0.15, -0.1) is 0 Å². The van der Waals surface area contributed by atoms with E-state index in [-0.39, 0.29) is 0 Å². The first-order valence-electron chi connectivity index (χ1n) is 5.83. The van der Waals surface area contributed by atoms with Crippen molar-refractivity contribution in [3.63, 3.8) is 0 Å². The molecule has 18 heavy (non-hydrogen) atoms. The van der Waals surface area contributed by atoms with E-state index in [9.17, 15) is 9.59 Å². The molecule has 0 radical (unpaired) electrons. The van der Waals surface area contributed by atoms with E-state index in [4.69, 9.17) is 5.73 Å². The van der Waals surface area contributed by atoms with Crippen molar-refractivity contribution in [3.8, 4) is 0 Å². The minimum absolute atomic E-state index is 0.434. The van der Waals surface area contributed by atoms with E-state index < -0.39 is 11.7 Å². The largest absolute Gasteiger partial charge is 0.398 e. The Labute approximate surface area is 104 Å². The number of nitrogens with two attached hydrogens (primary N) is 1. The predicted molar refractivity (Wildman–Crippen MR) is 70.8 cm³/mol. The lowest BCUT2D eigenvalue weighted by molar-refractivity contribution is 0.242. The lowest BCUT2D eigenvalue weighted by Gasteiger charge is -2.05. The number of hydrogen-bond donors (Lipinski definition) is 3. The van der Waals surface area contributed by atoms with E-state index in [0.717, 1.165) is 16.6 Å². The zero-order valence-corrected chi connectivity index (χ0v) is 10.4. The maximum atomic E-state index is 11.9. The number of amides is 1. The summed E-state index contributed by atoms with van der Waals surface area (Å²) in [4.78, 5) is 26.3. The third-order valence-electron chi connectivity index (χ3n) is 2.80. The molecule has 2 rings (SSSR count). The fourth-order valence-electron chi connectivity index (χ4n) is 1.79. The van der Waals surface area contributed by atoms with Crippen LogP contribution < -0.4 is 16.7 Å². The van der Waals surface area contributed by atoms with Gasteiger partial charge in [0.2, 0.25) is 0 Å². The Morgan fingerprint density at radius 2 is 2.22 bits per heavy atom. The van der Waals surface area contributed by atoms with Gasteiger partial charge in [0.25, 0.3) is 0 Å². The van der Waals surface area contributed by atoms with Gasteiger partial charge in [0.1, 0.15) is 0 Å². The fraction of sp³-hybridized carbons (Fsp3) is 0.333. The second kappa shape index (κ2) is 4.56. The number of nitrogen functional groups attached to an aromatic ring is 1. The summed E-state index contributed by atoms with van der Waals surface area (Å²) >= 11 is 0. The van der Waals surface area contributed by atoms with Crippen LogP contribution in [0.25, 0.3) is 11.0 Å². The van der Waals surface area contributed by atoms with E-state index in [2.05, 4.69) is 10.3 Å². The van der Waals surface area contributed by atoms with Gasteiger partial charge in [-0.2, -0.15) is 0 Å². The summed E-state index contributed by atoms with van der Waals surface area (Å²) in [5, 5.41) is 2.66. The molecule has 1 aromatic carbocycles. The Bertz CT molecular complexity index is 654. The van der Waals surface area contributed by atoms with Crippen molar-refractivity contribution in [2.45, 2.75) is 20.3 Å². The van der Waals surface area contributed by atoms with Crippen LogP contribution >= 0.6 is 0 Å². The predicted octanol–water partition coefficient (Wildman–Crippen LogP) is 1.19. The summed E-state index contributed by atoms with van der Waals surface area (Å²) in [6, 6.07) is 2.96.